The number of hydrogen-bond donors (Lipinski definition) is 1. The van der Waals surface area contributed by atoms with Crippen LogP contribution in [-0.2, 0) is 6.42 Å². The lowest BCUT2D eigenvalue weighted by Crippen LogP contribution is -1.91. The van der Waals surface area contributed by atoms with Gasteiger partial charge in [0, 0.05) is 11.2 Å². The molecule has 15 heavy (non-hydrogen) atoms. The van der Waals surface area contributed by atoms with Crippen LogP contribution in [0.2, 0.25) is 0 Å². The molecule has 0 aliphatic heterocycles. The van der Waals surface area contributed by atoms with Gasteiger partial charge in [0.2, 0.25) is 0 Å². The van der Waals surface area contributed by atoms with Crippen molar-refractivity contribution >= 4 is 10.9 Å². The number of alkyl halides is 1. The van der Waals surface area contributed by atoms with Crippen LogP contribution < -0.4 is 0 Å². The summed E-state index contributed by atoms with van der Waals surface area (Å²) in [6.07, 6.45) is 1.45. The summed E-state index contributed by atoms with van der Waals surface area (Å²) in [6, 6.07) is 6.46. The third kappa shape index (κ3) is 2.04. The highest BCUT2D eigenvalue weighted by molar-refractivity contribution is 5.82. The fourth-order valence-corrected chi connectivity index (χ4v) is 2.01. The molecule has 0 aliphatic rings. The Morgan fingerprint density at radius 3 is 2.73 bits per heavy atom. The van der Waals surface area contributed by atoms with E-state index in [2.05, 4.69) is 37.0 Å². The minimum Gasteiger partial charge on any atom is -0.359 e. The number of halogens is 1. The number of aromatic amines is 1. The van der Waals surface area contributed by atoms with Crippen LogP contribution in [0.3, 0.4) is 0 Å². The van der Waals surface area contributed by atoms with E-state index in [0.29, 0.717) is 6.42 Å². The molecule has 1 aromatic heterocycles. The van der Waals surface area contributed by atoms with Gasteiger partial charge < -0.3 is 4.98 Å². The van der Waals surface area contributed by atoms with Gasteiger partial charge in [-0.25, -0.2) is 0 Å². The smallest absolute Gasteiger partial charge is 0.0897 e. The normalized spacial score (nSPS) is 11.1. The van der Waals surface area contributed by atoms with Gasteiger partial charge in [-0.15, -0.1) is 0 Å². The predicted molar refractivity (Wildman–Crippen MR) is 62.1 cm³/mol. The molecule has 0 saturated heterocycles. The lowest BCUT2D eigenvalue weighted by molar-refractivity contribution is 0.473. The molecule has 0 saturated carbocycles. The molecule has 0 atom stereocenters. The largest absolute Gasteiger partial charge is 0.359 e. The Bertz CT molecular complexity index is 471. The van der Waals surface area contributed by atoms with Crippen molar-refractivity contribution in [1.82, 2.24) is 4.98 Å². The molecule has 2 aromatic rings. The predicted octanol–water partition coefficient (Wildman–Crippen LogP) is 3.69. The molecule has 0 bridgehead atoms. The van der Waals surface area contributed by atoms with E-state index >= 15 is 0 Å². The van der Waals surface area contributed by atoms with Crippen molar-refractivity contribution in [1.29, 1.82) is 0 Å². The second-order valence-electron chi connectivity index (χ2n) is 4.11. The van der Waals surface area contributed by atoms with Crippen LogP contribution >= 0.6 is 0 Å². The summed E-state index contributed by atoms with van der Waals surface area (Å²) in [6.45, 7) is 3.91. The highest BCUT2D eigenvalue weighted by Crippen LogP contribution is 2.21. The van der Waals surface area contributed by atoms with Crippen LogP contribution in [-0.4, -0.2) is 11.7 Å². The molecule has 80 valence electrons. The van der Waals surface area contributed by atoms with Gasteiger partial charge >= 0.3 is 0 Å². The lowest BCUT2D eigenvalue weighted by atomic mass is 10.0. The Balaban J connectivity index is 2.42. The standard InChI is InChI=1S/C13H16FN/c1-9-6-12-7-10(2)15-13(12)8-11(9)4-3-5-14/h6-8,15H,3-5H2,1-2H3. The van der Waals surface area contributed by atoms with E-state index in [-0.39, 0.29) is 6.67 Å². The van der Waals surface area contributed by atoms with Gasteiger partial charge in [-0.05, 0) is 61.4 Å². The topological polar surface area (TPSA) is 15.8 Å². The van der Waals surface area contributed by atoms with Crippen LogP contribution in [0.15, 0.2) is 18.2 Å². The summed E-state index contributed by atoms with van der Waals surface area (Å²) in [5, 5.41) is 1.24. The molecule has 0 radical (unpaired) electrons. The highest BCUT2D eigenvalue weighted by atomic mass is 19.1. The Hall–Kier alpha value is -1.31. The van der Waals surface area contributed by atoms with Gasteiger partial charge in [0.1, 0.15) is 0 Å². The third-order valence-electron chi connectivity index (χ3n) is 2.79. The maximum absolute atomic E-state index is 12.1. The van der Waals surface area contributed by atoms with Crippen LogP contribution in [0.4, 0.5) is 4.39 Å². The SMILES string of the molecule is Cc1cc2cc(C)c(CCCF)cc2[nH]1. The number of nitrogens with one attached hydrogen (secondary N) is 1. The Morgan fingerprint density at radius 1 is 1.20 bits per heavy atom. The number of benzene rings is 1. The summed E-state index contributed by atoms with van der Waals surface area (Å²) >= 11 is 0. The molecule has 0 fully saturated rings. The lowest BCUT2D eigenvalue weighted by Gasteiger charge is -2.04. The van der Waals surface area contributed by atoms with Crippen LogP contribution in [0.25, 0.3) is 10.9 Å². The highest BCUT2D eigenvalue weighted by Gasteiger charge is 2.03. The molecule has 2 heteroatoms. The van der Waals surface area contributed by atoms with Gasteiger partial charge in [0.25, 0.3) is 0 Å². The molecular weight excluding hydrogens is 189 g/mol. The molecule has 1 nitrogen and oxygen atoms in total. The van der Waals surface area contributed by atoms with Gasteiger partial charge in [-0.1, -0.05) is 0 Å². The summed E-state index contributed by atoms with van der Waals surface area (Å²) in [4.78, 5) is 3.31. The van der Waals surface area contributed by atoms with Gasteiger partial charge in [0.05, 0.1) is 6.67 Å². The van der Waals surface area contributed by atoms with Gasteiger partial charge in [-0.3, -0.25) is 4.39 Å². The summed E-state index contributed by atoms with van der Waals surface area (Å²) in [5.41, 5.74) is 4.84. The summed E-state index contributed by atoms with van der Waals surface area (Å²) in [7, 11) is 0. The first kappa shape index (κ1) is 10.2. The number of aromatic nitrogens is 1. The van der Waals surface area contributed by atoms with Gasteiger partial charge in [-0.2, -0.15) is 0 Å². The molecule has 0 aliphatic carbocycles. The van der Waals surface area contributed by atoms with E-state index in [1.807, 2.05) is 0 Å². The maximum Gasteiger partial charge on any atom is 0.0897 e. The molecule has 1 heterocycles. The van der Waals surface area contributed by atoms with Crippen molar-refractivity contribution in [2.75, 3.05) is 6.67 Å². The van der Waals surface area contributed by atoms with Crippen molar-refractivity contribution in [3.63, 3.8) is 0 Å². The maximum atomic E-state index is 12.1. The zero-order valence-corrected chi connectivity index (χ0v) is 9.23. The van der Waals surface area contributed by atoms with E-state index in [1.165, 1.54) is 22.2 Å². The molecule has 2 rings (SSSR count). The van der Waals surface area contributed by atoms with Crippen LogP contribution in [0.1, 0.15) is 23.2 Å². The molecule has 1 N–H and O–H groups in total. The molecule has 0 amide bonds. The van der Waals surface area contributed by atoms with Crippen molar-refractivity contribution in [2.45, 2.75) is 26.7 Å². The molecule has 0 unspecified atom stereocenters. The molecule has 0 spiro atoms. The van der Waals surface area contributed by atoms with Gasteiger partial charge in [0.15, 0.2) is 0 Å². The third-order valence-corrected chi connectivity index (χ3v) is 2.79. The van der Waals surface area contributed by atoms with E-state index in [4.69, 9.17) is 0 Å². The van der Waals surface area contributed by atoms with Crippen molar-refractivity contribution in [3.8, 4) is 0 Å². The van der Waals surface area contributed by atoms with E-state index in [0.717, 1.165) is 11.9 Å². The second kappa shape index (κ2) is 4.05. The minimum absolute atomic E-state index is 0.235. The first-order chi connectivity index (χ1) is 7.20. The number of H-pyrrole nitrogens is 1. The average molecular weight is 205 g/mol. The monoisotopic (exact) mass is 205 g/mol. The Labute approximate surface area is 89.3 Å². The van der Waals surface area contributed by atoms with E-state index < -0.39 is 0 Å². The van der Waals surface area contributed by atoms with Crippen LogP contribution in [0.5, 0.6) is 0 Å². The molecule has 1 aromatic carbocycles. The number of fused-ring (bicyclic) bond motifs is 1. The van der Waals surface area contributed by atoms with Crippen molar-refractivity contribution in [3.05, 3.63) is 35.0 Å². The number of aryl methyl sites for hydroxylation is 3. The second-order valence-corrected chi connectivity index (χ2v) is 4.11. The minimum atomic E-state index is -0.235. The van der Waals surface area contributed by atoms with Crippen molar-refractivity contribution in [2.24, 2.45) is 0 Å². The first-order valence-electron chi connectivity index (χ1n) is 5.35. The Kier molecular flexibility index (Phi) is 2.76. The Morgan fingerprint density at radius 2 is 2.00 bits per heavy atom. The average Bonchev–Trinajstić information content (AvgIpc) is 2.53. The fourth-order valence-electron chi connectivity index (χ4n) is 2.01. The fraction of sp³-hybridized carbons (Fsp3) is 0.385. The van der Waals surface area contributed by atoms with Crippen molar-refractivity contribution < 1.29 is 4.39 Å². The number of rotatable bonds is 3. The number of hydrogen-bond acceptors (Lipinski definition) is 0. The van der Waals surface area contributed by atoms with E-state index in [1.54, 1.807) is 0 Å². The quantitative estimate of drug-likeness (QED) is 0.786. The summed E-state index contributed by atoms with van der Waals surface area (Å²) in [5.74, 6) is 0. The zero-order valence-electron chi connectivity index (χ0n) is 9.23. The van der Waals surface area contributed by atoms with E-state index in [9.17, 15) is 4.39 Å². The molecular formula is C13H16FN. The summed E-state index contributed by atoms with van der Waals surface area (Å²) < 4.78 is 12.1. The first-order valence-corrected chi connectivity index (χ1v) is 5.35. The van der Waals surface area contributed by atoms with Crippen LogP contribution in [0, 0.1) is 13.8 Å². The zero-order chi connectivity index (χ0) is 10.8.